The van der Waals surface area contributed by atoms with Gasteiger partial charge in [0.15, 0.2) is 5.69 Å². The lowest BCUT2D eigenvalue weighted by Gasteiger charge is -1.97. The molecule has 1 aromatic heterocycles. The van der Waals surface area contributed by atoms with Gasteiger partial charge in [-0.15, -0.1) is 0 Å². The highest BCUT2D eigenvalue weighted by Crippen LogP contribution is 2.09. The number of carboxylic acids is 1. The molecule has 12 heavy (non-hydrogen) atoms. The average molecular weight is 170 g/mol. The fourth-order valence-corrected chi connectivity index (χ4v) is 0.677. The van der Waals surface area contributed by atoms with Gasteiger partial charge >= 0.3 is 12.0 Å². The Labute approximate surface area is 66.6 Å². The van der Waals surface area contributed by atoms with E-state index in [1.165, 1.54) is 0 Å². The van der Waals surface area contributed by atoms with Gasteiger partial charge in [0.2, 0.25) is 0 Å². The third-order valence-corrected chi connectivity index (χ3v) is 1.11. The zero-order valence-electron chi connectivity index (χ0n) is 5.87. The predicted octanol–water partition coefficient (Wildman–Crippen LogP) is -0.401. The Morgan fingerprint density at radius 1 is 1.67 bits per heavy atom. The van der Waals surface area contributed by atoms with Crippen molar-refractivity contribution >= 4 is 17.7 Å². The third kappa shape index (κ3) is 1.51. The number of aromatic carboxylic acids is 1. The van der Waals surface area contributed by atoms with E-state index in [1.54, 1.807) is 0 Å². The van der Waals surface area contributed by atoms with Gasteiger partial charge in [0.25, 0.3) is 0 Å². The maximum atomic E-state index is 10.4. The number of hydrogen-bond acceptors (Lipinski definition) is 3. The number of aromatic amines is 1. The maximum Gasteiger partial charge on any atom is 0.356 e. The molecule has 1 rings (SSSR count). The Morgan fingerprint density at radius 2 is 2.33 bits per heavy atom. The van der Waals surface area contributed by atoms with Crippen molar-refractivity contribution in [1.82, 2.24) is 10.2 Å². The van der Waals surface area contributed by atoms with Crippen molar-refractivity contribution in [2.75, 3.05) is 5.32 Å². The van der Waals surface area contributed by atoms with Crippen molar-refractivity contribution in [2.24, 2.45) is 5.73 Å². The largest absolute Gasteiger partial charge is 0.476 e. The van der Waals surface area contributed by atoms with E-state index in [1.807, 2.05) is 0 Å². The molecule has 0 atom stereocenters. The molecular weight excluding hydrogens is 164 g/mol. The molecule has 0 radical (unpaired) electrons. The zero-order chi connectivity index (χ0) is 9.14. The van der Waals surface area contributed by atoms with Gasteiger partial charge in [0.1, 0.15) is 0 Å². The number of anilines is 1. The van der Waals surface area contributed by atoms with E-state index in [4.69, 9.17) is 10.8 Å². The average Bonchev–Trinajstić information content (AvgIpc) is 2.33. The first-order valence-electron chi connectivity index (χ1n) is 2.94. The lowest BCUT2D eigenvalue weighted by atomic mass is 10.4. The lowest BCUT2D eigenvalue weighted by Crippen LogP contribution is -2.20. The van der Waals surface area contributed by atoms with Crippen LogP contribution in [0.1, 0.15) is 10.5 Å². The van der Waals surface area contributed by atoms with Gasteiger partial charge in [0.05, 0.1) is 11.9 Å². The van der Waals surface area contributed by atoms with E-state index in [2.05, 4.69) is 15.5 Å². The summed E-state index contributed by atoms with van der Waals surface area (Å²) in [5.41, 5.74) is 4.62. The highest BCUT2D eigenvalue weighted by atomic mass is 16.4. The van der Waals surface area contributed by atoms with Crippen LogP contribution in [0, 0.1) is 0 Å². The summed E-state index contributed by atoms with van der Waals surface area (Å²) in [5.74, 6) is -1.21. The zero-order valence-corrected chi connectivity index (χ0v) is 5.87. The summed E-state index contributed by atoms with van der Waals surface area (Å²) >= 11 is 0. The molecule has 1 aromatic rings. The molecule has 1 heterocycles. The number of rotatable bonds is 2. The molecule has 0 unspecified atom stereocenters. The Bertz CT molecular complexity index is 318. The molecule has 0 spiro atoms. The number of H-pyrrole nitrogens is 1. The topological polar surface area (TPSA) is 121 Å². The lowest BCUT2D eigenvalue weighted by molar-refractivity contribution is 0.0691. The molecule has 7 heteroatoms. The molecule has 64 valence electrons. The van der Waals surface area contributed by atoms with Crippen LogP contribution in [0.5, 0.6) is 0 Å². The number of nitrogens with zero attached hydrogens (tertiary/aromatic N) is 1. The number of nitrogens with two attached hydrogens (primary N) is 1. The summed E-state index contributed by atoms with van der Waals surface area (Å²) in [6.45, 7) is 0. The first kappa shape index (κ1) is 8.05. The van der Waals surface area contributed by atoms with E-state index in [9.17, 15) is 9.59 Å². The molecule has 0 aliphatic carbocycles. The molecule has 7 nitrogen and oxygen atoms in total. The molecule has 0 saturated carbocycles. The molecule has 0 bridgehead atoms. The first-order chi connectivity index (χ1) is 5.61. The van der Waals surface area contributed by atoms with E-state index in [0.29, 0.717) is 0 Å². The Kier molecular flexibility index (Phi) is 1.95. The second-order valence-electron chi connectivity index (χ2n) is 1.95. The van der Waals surface area contributed by atoms with Crippen LogP contribution in [0.2, 0.25) is 0 Å². The minimum absolute atomic E-state index is 0.0509. The van der Waals surface area contributed by atoms with Crippen LogP contribution in [0.4, 0.5) is 10.5 Å². The minimum Gasteiger partial charge on any atom is -0.476 e. The summed E-state index contributed by atoms with van der Waals surface area (Å²) in [6.07, 6.45) is 1.16. The summed E-state index contributed by atoms with van der Waals surface area (Å²) in [7, 11) is 0. The third-order valence-electron chi connectivity index (χ3n) is 1.11. The number of carbonyl (C=O) groups is 2. The van der Waals surface area contributed by atoms with Crippen LogP contribution in [-0.4, -0.2) is 27.3 Å². The number of carbonyl (C=O) groups excluding carboxylic acids is 1. The van der Waals surface area contributed by atoms with Crippen LogP contribution in [0.25, 0.3) is 0 Å². The minimum atomic E-state index is -1.21. The van der Waals surface area contributed by atoms with Crippen molar-refractivity contribution in [3.63, 3.8) is 0 Å². The van der Waals surface area contributed by atoms with Crippen molar-refractivity contribution in [3.05, 3.63) is 11.9 Å². The number of aromatic nitrogens is 2. The number of hydrogen-bond donors (Lipinski definition) is 4. The summed E-state index contributed by atoms with van der Waals surface area (Å²) in [6, 6.07) is -0.834. The maximum absolute atomic E-state index is 10.4. The summed E-state index contributed by atoms with van der Waals surface area (Å²) in [5, 5.41) is 16.2. The molecule has 0 aliphatic heterocycles. The Hall–Kier alpha value is -2.05. The molecular formula is C5H6N4O3. The highest BCUT2D eigenvalue weighted by molar-refractivity contribution is 5.97. The van der Waals surface area contributed by atoms with Gasteiger partial charge in [0, 0.05) is 0 Å². The fourth-order valence-electron chi connectivity index (χ4n) is 0.677. The molecule has 0 saturated heterocycles. The molecule has 2 amide bonds. The van der Waals surface area contributed by atoms with Gasteiger partial charge in [-0.05, 0) is 0 Å². The van der Waals surface area contributed by atoms with E-state index < -0.39 is 12.0 Å². The van der Waals surface area contributed by atoms with Gasteiger partial charge in [-0.1, -0.05) is 0 Å². The summed E-state index contributed by atoms with van der Waals surface area (Å²) in [4.78, 5) is 20.7. The number of nitrogens with one attached hydrogen (secondary N) is 2. The van der Waals surface area contributed by atoms with Crippen LogP contribution < -0.4 is 11.1 Å². The molecule has 0 fully saturated rings. The van der Waals surface area contributed by atoms with Gasteiger partial charge in [-0.3, -0.25) is 5.10 Å². The predicted molar refractivity (Wildman–Crippen MR) is 38.8 cm³/mol. The van der Waals surface area contributed by atoms with E-state index in [-0.39, 0.29) is 11.4 Å². The van der Waals surface area contributed by atoms with Crippen molar-refractivity contribution < 1.29 is 14.7 Å². The monoisotopic (exact) mass is 170 g/mol. The molecule has 0 aromatic carbocycles. The number of carboxylic acid groups (broad SMARTS) is 1. The van der Waals surface area contributed by atoms with E-state index >= 15 is 0 Å². The smallest absolute Gasteiger partial charge is 0.356 e. The second-order valence-corrected chi connectivity index (χ2v) is 1.95. The van der Waals surface area contributed by atoms with Crippen molar-refractivity contribution in [3.8, 4) is 0 Å². The quantitative estimate of drug-likeness (QED) is 0.482. The molecule has 0 aliphatic rings. The van der Waals surface area contributed by atoms with Gasteiger partial charge in [-0.2, -0.15) is 5.10 Å². The van der Waals surface area contributed by atoms with Crippen LogP contribution in [0.15, 0.2) is 6.20 Å². The number of urea groups is 1. The fraction of sp³-hybridized carbons (Fsp3) is 0. The van der Waals surface area contributed by atoms with Gasteiger partial charge in [-0.25, -0.2) is 9.59 Å². The van der Waals surface area contributed by atoms with Crippen molar-refractivity contribution in [2.45, 2.75) is 0 Å². The Balaban J connectivity index is 2.91. The SMILES string of the molecule is NC(=O)Nc1cn[nH]c1C(=O)O. The highest BCUT2D eigenvalue weighted by Gasteiger charge is 2.12. The van der Waals surface area contributed by atoms with Crippen LogP contribution in [-0.2, 0) is 0 Å². The standard InChI is InChI=1S/C5H6N4O3/c6-5(12)8-2-1-7-9-3(2)4(10)11/h1H,(H,7,9)(H,10,11)(H3,6,8,12). The van der Waals surface area contributed by atoms with Gasteiger partial charge < -0.3 is 16.2 Å². The van der Waals surface area contributed by atoms with Crippen LogP contribution in [0.3, 0.4) is 0 Å². The second kappa shape index (κ2) is 2.91. The van der Waals surface area contributed by atoms with E-state index in [0.717, 1.165) is 6.20 Å². The van der Waals surface area contributed by atoms with Crippen molar-refractivity contribution in [1.29, 1.82) is 0 Å². The Morgan fingerprint density at radius 3 is 2.83 bits per heavy atom. The normalized spacial score (nSPS) is 9.33. The summed E-state index contributed by atoms with van der Waals surface area (Å²) < 4.78 is 0. The number of amides is 2. The molecule has 5 N–H and O–H groups in total. The first-order valence-corrected chi connectivity index (χ1v) is 2.94. The number of primary amides is 1. The van der Waals surface area contributed by atoms with Crippen LogP contribution >= 0.6 is 0 Å².